The lowest BCUT2D eigenvalue weighted by atomic mass is 10.0. The van der Waals surface area contributed by atoms with E-state index < -0.39 is 0 Å². The van der Waals surface area contributed by atoms with Gasteiger partial charge in [-0.25, -0.2) is 4.98 Å². The van der Waals surface area contributed by atoms with Crippen LogP contribution in [-0.2, 0) is 9.53 Å². The third-order valence-corrected chi connectivity index (χ3v) is 6.33. The maximum atomic E-state index is 12.4. The number of carbonyl (C=O) groups is 1. The summed E-state index contributed by atoms with van der Waals surface area (Å²) in [5.41, 5.74) is 6.50. The number of amides is 1. The molecule has 30 heavy (non-hydrogen) atoms. The number of aryl methyl sites for hydroxylation is 3. The zero-order valence-electron chi connectivity index (χ0n) is 17.7. The van der Waals surface area contributed by atoms with E-state index in [4.69, 9.17) is 9.72 Å². The molecule has 1 aromatic heterocycles. The van der Waals surface area contributed by atoms with Gasteiger partial charge in [-0.3, -0.25) is 9.69 Å². The van der Waals surface area contributed by atoms with Crippen LogP contribution in [0.25, 0.3) is 21.8 Å². The molecule has 2 heterocycles. The van der Waals surface area contributed by atoms with E-state index in [0.29, 0.717) is 19.8 Å². The molecule has 0 unspecified atom stereocenters. The van der Waals surface area contributed by atoms with Crippen LogP contribution in [0.5, 0.6) is 0 Å². The normalized spacial score (nSPS) is 14.6. The van der Waals surface area contributed by atoms with Crippen LogP contribution in [0.4, 0.5) is 5.69 Å². The van der Waals surface area contributed by atoms with Crippen molar-refractivity contribution in [3.8, 4) is 21.8 Å². The molecule has 1 aliphatic heterocycles. The van der Waals surface area contributed by atoms with E-state index in [2.05, 4.69) is 49.2 Å². The first kappa shape index (κ1) is 20.7. The Morgan fingerprint density at radius 3 is 2.73 bits per heavy atom. The number of nitrogens with one attached hydrogen (secondary N) is 1. The Morgan fingerprint density at radius 1 is 1.13 bits per heavy atom. The monoisotopic (exact) mass is 421 g/mol. The second-order valence-electron chi connectivity index (χ2n) is 7.76. The Kier molecular flexibility index (Phi) is 6.27. The summed E-state index contributed by atoms with van der Waals surface area (Å²) >= 11 is 1.69. The van der Waals surface area contributed by atoms with Gasteiger partial charge in [0.25, 0.3) is 0 Å². The van der Waals surface area contributed by atoms with Gasteiger partial charge in [-0.1, -0.05) is 29.8 Å². The van der Waals surface area contributed by atoms with E-state index in [1.165, 1.54) is 21.6 Å². The fraction of sp³-hybridized carbons (Fsp3) is 0.333. The molecule has 0 radical (unpaired) electrons. The van der Waals surface area contributed by atoms with Crippen molar-refractivity contribution >= 4 is 22.9 Å². The molecule has 0 spiro atoms. The minimum Gasteiger partial charge on any atom is -0.379 e. The quantitative estimate of drug-likeness (QED) is 0.650. The van der Waals surface area contributed by atoms with E-state index in [1.54, 1.807) is 11.3 Å². The highest BCUT2D eigenvalue weighted by Crippen LogP contribution is 2.35. The Bertz CT molecular complexity index is 1050. The lowest BCUT2D eigenvalue weighted by Crippen LogP contribution is -2.41. The molecule has 1 N–H and O–H groups in total. The molecular weight excluding hydrogens is 394 g/mol. The van der Waals surface area contributed by atoms with E-state index in [-0.39, 0.29) is 5.91 Å². The van der Waals surface area contributed by atoms with Gasteiger partial charge < -0.3 is 10.1 Å². The Morgan fingerprint density at radius 2 is 1.93 bits per heavy atom. The Balaban J connectivity index is 1.52. The molecule has 4 rings (SSSR count). The van der Waals surface area contributed by atoms with Gasteiger partial charge >= 0.3 is 0 Å². The van der Waals surface area contributed by atoms with E-state index in [0.717, 1.165) is 35.0 Å². The third kappa shape index (κ3) is 4.78. The SMILES string of the molecule is Cc1ccc(C)c(-c2nc(-c3cccc(NC(=O)CN4CCOCC4)c3)sc2C)c1. The van der Waals surface area contributed by atoms with Crippen LogP contribution in [-0.4, -0.2) is 48.6 Å². The van der Waals surface area contributed by atoms with Crippen molar-refractivity contribution in [3.05, 3.63) is 58.5 Å². The maximum absolute atomic E-state index is 12.4. The standard InChI is InChI=1S/C24H27N3O2S/c1-16-7-8-17(2)21(13-16)23-18(3)30-24(26-23)19-5-4-6-20(14-19)25-22(28)15-27-9-11-29-12-10-27/h4-8,13-14H,9-12,15H2,1-3H3,(H,25,28). The Hall–Kier alpha value is -2.54. The third-order valence-electron chi connectivity index (χ3n) is 5.31. The number of nitrogens with zero attached hydrogens (tertiary/aromatic N) is 2. The average molecular weight is 422 g/mol. The first-order chi connectivity index (χ1) is 14.5. The number of aromatic nitrogens is 1. The second-order valence-corrected chi connectivity index (χ2v) is 8.96. The molecule has 156 valence electrons. The number of ether oxygens (including phenoxy) is 1. The summed E-state index contributed by atoms with van der Waals surface area (Å²) in [4.78, 5) is 20.7. The number of morpholine rings is 1. The predicted molar refractivity (Wildman–Crippen MR) is 123 cm³/mol. The van der Waals surface area contributed by atoms with Crippen molar-refractivity contribution in [1.29, 1.82) is 0 Å². The van der Waals surface area contributed by atoms with Crippen molar-refractivity contribution in [3.63, 3.8) is 0 Å². The minimum atomic E-state index is 0.000411. The van der Waals surface area contributed by atoms with Crippen LogP contribution >= 0.6 is 11.3 Å². The summed E-state index contributed by atoms with van der Waals surface area (Å²) in [6, 6.07) is 14.4. The molecule has 3 aromatic rings. The van der Waals surface area contributed by atoms with E-state index in [9.17, 15) is 4.79 Å². The lowest BCUT2D eigenvalue weighted by molar-refractivity contribution is -0.118. The van der Waals surface area contributed by atoms with Gasteiger partial charge in [0.15, 0.2) is 0 Å². The number of anilines is 1. The number of rotatable bonds is 5. The van der Waals surface area contributed by atoms with Crippen molar-refractivity contribution < 1.29 is 9.53 Å². The summed E-state index contributed by atoms with van der Waals surface area (Å²) in [5.74, 6) is 0.000411. The maximum Gasteiger partial charge on any atom is 0.238 e. The van der Waals surface area contributed by atoms with Gasteiger partial charge in [-0.15, -0.1) is 11.3 Å². The summed E-state index contributed by atoms with van der Waals surface area (Å²) in [7, 11) is 0. The van der Waals surface area contributed by atoms with Gasteiger partial charge in [0, 0.05) is 34.8 Å². The smallest absolute Gasteiger partial charge is 0.238 e. The highest BCUT2D eigenvalue weighted by Gasteiger charge is 2.16. The molecule has 6 heteroatoms. The van der Waals surface area contributed by atoms with Crippen LogP contribution in [0.3, 0.4) is 0 Å². The van der Waals surface area contributed by atoms with Gasteiger partial charge in [-0.2, -0.15) is 0 Å². The zero-order valence-corrected chi connectivity index (χ0v) is 18.5. The fourth-order valence-corrected chi connectivity index (χ4v) is 4.58. The molecule has 0 aliphatic carbocycles. The Labute approximate surface area is 181 Å². The summed E-state index contributed by atoms with van der Waals surface area (Å²) in [6.45, 7) is 9.71. The molecule has 1 saturated heterocycles. The lowest BCUT2D eigenvalue weighted by Gasteiger charge is -2.25. The summed E-state index contributed by atoms with van der Waals surface area (Å²) < 4.78 is 5.34. The number of carbonyl (C=O) groups excluding carboxylic acids is 1. The summed E-state index contributed by atoms with van der Waals surface area (Å²) in [5, 5.41) is 3.99. The van der Waals surface area contributed by atoms with Crippen LogP contribution in [0.1, 0.15) is 16.0 Å². The average Bonchev–Trinajstić information content (AvgIpc) is 3.12. The van der Waals surface area contributed by atoms with Gasteiger partial charge in [-0.05, 0) is 44.5 Å². The number of hydrogen-bond donors (Lipinski definition) is 1. The number of benzene rings is 2. The van der Waals surface area contributed by atoms with E-state index in [1.807, 2.05) is 24.3 Å². The minimum absolute atomic E-state index is 0.000411. The van der Waals surface area contributed by atoms with Crippen molar-refractivity contribution in [2.45, 2.75) is 20.8 Å². The van der Waals surface area contributed by atoms with E-state index >= 15 is 0 Å². The first-order valence-electron chi connectivity index (χ1n) is 10.2. The molecule has 2 aromatic carbocycles. The van der Waals surface area contributed by atoms with Gasteiger partial charge in [0.05, 0.1) is 25.5 Å². The van der Waals surface area contributed by atoms with Crippen molar-refractivity contribution in [2.24, 2.45) is 0 Å². The zero-order chi connectivity index (χ0) is 21.1. The van der Waals surface area contributed by atoms with Crippen LogP contribution in [0.2, 0.25) is 0 Å². The number of thiazole rings is 1. The molecule has 0 bridgehead atoms. The first-order valence-corrected chi connectivity index (χ1v) is 11.1. The van der Waals surface area contributed by atoms with Gasteiger partial charge in [0.2, 0.25) is 5.91 Å². The van der Waals surface area contributed by atoms with Crippen molar-refractivity contribution in [2.75, 3.05) is 38.2 Å². The van der Waals surface area contributed by atoms with Crippen LogP contribution in [0.15, 0.2) is 42.5 Å². The molecule has 1 fully saturated rings. The predicted octanol–water partition coefficient (Wildman–Crippen LogP) is 4.67. The molecule has 1 aliphatic rings. The van der Waals surface area contributed by atoms with Crippen LogP contribution < -0.4 is 5.32 Å². The second kappa shape index (κ2) is 9.08. The highest BCUT2D eigenvalue weighted by molar-refractivity contribution is 7.15. The highest BCUT2D eigenvalue weighted by atomic mass is 32.1. The van der Waals surface area contributed by atoms with Gasteiger partial charge in [0.1, 0.15) is 5.01 Å². The fourth-order valence-electron chi connectivity index (χ4n) is 3.65. The number of hydrogen-bond acceptors (Lipinski definition) is 5. The van der Waals surface area contributed by atoms with Crippen molar-refractivity contribution in [1.82, 2.24) is 9.88 Å². The molecule has 5 nitrogen and oxygen atoms in total. The largest absolute Gasteiger partial charge is 0.379 e. The summed E-state index contributed by atoms with van der Waals surface area (Å²) in [6.07, 6.45) is 0. The van der Waals surface area contributed by atoms with Crippen LogP contribution in [0, 0.1) is 20.8 Å². The molecule has 0 saturated carbocycles. The molecule has 0 atom stereocenters. The molecule has 1 amide bonds. The molecular formula is C24H27N3O2S. The topological polar surface area (TPSA) is 54.5 Å².